The van der Waals surface area contributed by atoms with Crippen LogP contribution in [0.5, 0.6) is 11.5 Å². The van der Waals surface area contributed by atoms with Gasteiger partial charge in [-0.3, -0.25) is 4.79 Å². The fourth-order valence-electron chi connectivity index (χ4n) is 2.78. The Morgan fingerprint density at radius 2 is 1.46 bits per heavy atom. The Labute approximate surface area is 148 Å². The van der Waals surface area contributed by atoms with E-state index in [4.69, 9.17) is 4.74 Å². The average molecular weight is 346 g/mol. The van der Waals surface area contributed by atoms with Gasteiger partial charge in [-0.2, -0.15) is 4.73 Å². The van der Waals surface area contributed by atoms with Gasteiger partial charge in [0.05, 0.1) is 5.56 Å². The van der Waals surface area contributed by atoms with Crippen LogP contribution in [0.2, 0.25) is 0 Å². The molecule has 0 aliphatic carbocycles. The van der Waals surface area contributed by atoms with Crippen molar-refractivity contribution >= 4 is 11.0 Å². The van der Waals surface area contributed by atoms with Gasteiger partial charge in [-0.25, -0.2) is 0 Å². The maximum absolute atomic E-state index is 12.6. The molecule has 0 aliphatic rings. The van der Waals surface area contributed by atoms with Crippen LogP contribution in [-0.2, 0) is 0 Å². The Morgan fingerprint density at radius 1 is 0.846 bits per heavy atom. The molecule has 6 heteroatoms. The quantitative estimate of drug-likeness (QED) is 0.351. The molecule has 0 spiro atoms. The number of fused-ring (bicyclic) bond motifs is 1. The largest absolute Gasteiger partial charge is 0.618 e. The Hall–Kier alpha value is -3.80. The maximum atomic E-state index is 12.6. The summed E-state index contributed by atoms with van der Waals surface area (Å²) in [6.45, 7) is 0. The summed E-state index contributed by atoms with van der Waals surface area (Å²) in [6.07, 6.45) is 0. The van der Waals surface area contributed by atoms with E-state index in [1.54, 1.807) is 42.5 Å². The Morgan fingerprint density at radius 3 is 2.19 bits per heavy atom. The summed E-state index contributed by atoms with van der Waals surface area (Å²) >= 11 is 0. The second-order valence-electron chi connectivity index (χ2n) is 5.69. The molecule has 1 heterocycles. The van der Waals surface area contributed by atoms with Gasteiger partial charge in [-0.1, -0.05) is 30.3 Å². The summed E-state index contributed by atoms with van der Waals surface area (Å²) in [4.78, 5) is 12.4. The lowest BCUT2D eigenvalue weighted by Gasteiger charge is -2.10. The minimum Gasteiger partial charge on any atom is -0.618 e. The molecule has 0 bridgehead atoms. The molecule has 26 heavy (non-hydrogen) atoms. The predicted molar refractivity (Wildman–Crippen MR) is 96.3 cm³/mol. The minimum absolute atomic E-state index is 0.153. The smallest absolute Gasteiger partial charge is 0.357 e. The van der Waals surface area contributed by atoms with E-state index in [0.717, 1.165) is 0 Å². The van der Waals surface area contributed by atoms with Gasteiger partial charge in [-0.05, 0) is 42.5 Å². The zero-order chi connectivity index (χ0) is 18.1. The third-order valence-corrected chi connectivity index (χ3v) is 4.03. The molecule has 128 valence electrons. The molecule has 3 aromatic carbocycles. The first kappa shape index (κ1) is 15.7. The molecule has 4 rings (SSSR count). The minimum atomic E-state index is -0.782. The van der Waals surface area contributed by atoms with Crippen LogP contribution in [0.15, 0.2) is 83.7 Å². The van der Waals surface area contributed by atoms with E-state index >= 15 is 0 Å². The van der Waals surface area contributed by atoms with E-state index in [1.165, 1.54) is 6.07 Å². The van der Waals surface area contributed by atoms with Gasteiger partial charge in [-0.15, -0.1) is 4.73 Å². The highest BCUT2D eigenvalue weighted by atomic mass is 16.5. The second kappa shape index (κ2) is 6.25. The fraction of sp³-hybridized carbons (Fsp3) is 0. The lowest BCUT2D eigenvalue weighted by Crippen LogP contribution is -2.40. The topological polar surface area (TPSA) is 78.4 Å². The van der Waals surface area contributed by atoms with Crippen LogP contribution in [0.1, 0.15) is 0 Å². The van der Waals surface area contributed by atoms with Crippen molar-refractivity contribution < 1.29 is 14.7 Å². The van der Waals surface area contributed by atoms with E-state index in [2.05, 4.69) is 0 Å². The van der Waals surface area contributed by atoms with Crippen LogP contribution < -0.4 is 15.0 Å². The van der Waals surface area contributed by atoms with Crippen LogP contribution in [0.4, 0.5) is 0 Å². The summed E-state index contributed by atoms with van der Waals surface area (Å²) in [5, 5.41) is 22.7. The molecule has 0 radical (unpaired) electrons. The number of nitrogens with zero attached hydrogens (tertiary/aromatic N) is 2. The summed E-state index contributed by atoms with van der Waals surface area (Å²) in [7, 11) is 0. The molecular weight excluding hydrogens is 332 g/mol. The molecular formula is C20H14N2O4. The number of para-hydroxylation sites is 3. The van der Waals surface area contributed by atoms with Crippen LogP contribution in [-0.4, -0.2) is 9.94 Å². The van der Waals surface area contributed by atoms with Gasteiger partial charge in [0, 0.05) is 6.07 Å². The Balaban J connectivity index is 1.77. The summed E-state index contributed by atoms with van der Waals surface area (Å²) in [5.74, 6) is 1.25. The van der Waals surface area contributed by atoms with Crippen LogP contribution in [0.25, 0.3) is 22.3 Å². The molecule has 0 aliphatic heterocycles. The van der Waals surface area contributed by atoms with E-state index in [9.17, 15) is 15.2 Å². The average Bonchev–Trinajstić information content (AvgIpc) is 2.68. The lowest BCUT2D eigenvalue weighted by atomic mass is 10.1. The van der Waals surface area contributed by atoms with Crippen molar-refractivity contribution in [1.29, 1.82) is 0 Å². The molecule has 1 N–H and O–H groups in total. The first-order valence-corrected chi connectivity index (χ1v) is 7.95. The molecule has 0 fully saturated rings. The summed E-state index contributed by atoms with van der Waals surface area (Å²) in [6, 6.07) is 22.2. The SMILES string of the molecule is O=c1c(-c2ccc(Oc3ccccc3)cc2)[n+]([O-])c2ccccc2n1O. The first-order chi connectivity index (χ1) is 12.6. The van der Waals surface area contributed by atoms with Gasteiger partial charge in [0.25, 0.3) is 5.69 Å². The number of hydrogen-bond donors (Lipinski definition) is 1. The highest BCUT2D eigenvalue weighted by molar-refractivity contribution is 5.73. The number of rotatable bonds is 3. The lowest BCUT2D eigenvalue weighted by molar-refractivity contribution is -0.566. The highest BCUT2D eigenvalue weighted by Gasteiger charge is 2.22. The van der Waals surface area contributed by atoms with Crippen molar-refractivity contribution in [1.82, 2.24) is 4.73 Å². The van der Waals surface area contributed by atoms with Crippen molar-refractivity contribution in [3.8, 4) is 22.8 Å². The second-order valence-corrected chi connectivity index (χ2v) is 5.69. The first-order valence-electron chi connectivity index (χ1n) is 7.95. The Kier molecular flexibility index (Phi) is 3.78. The van der Waals surface area contributed by atoms with Gasteiger partial charge < -0.3 is 15.2 Å². The molecule has 0 atom stereocenters. The van der Waals surface area contributed by atoms with E-state index in [1.807, 2.05) is 30.3 Å². The number of aromatic nitrogens is 2. The van der Waals surface area contributed by atoms with E-state index in [-0.39, 0.29) is 16.7 Å². The monoisotopic (exact) mass is 346 g/mol. The summed E-state index contributed by atoms with van der Waals surface area (Å²) in [5.41, 5.74) is -0.193. The van der Waals surface area contributed by atoms with Gasteiger partial charge in [0.2, 0.25) is 5.52 Å². The van der Waals surface area contributed by atoms with Crippen molar-refractivity contribution in [2.75, 3.05) is 0 Å². The Bertz CT molecular complexity index is 1140. The normalized spacial score (nSPS) is 10.8. The van der Waals surface area contributed by atoms with Gasteiger partial charge >= 0.3 is 5.56 Å². The summed E-state index contributed by atoms with van der Waals surface area (Å²) < 4.78 is 6.74. The fourth-order valence-corrected chi connectivity index (χ4v) is 2.78. The highest BCUT2D eigenvalue weighted by Crippen LogP contribution is 2.24. The standard InChI is InChI=1S/C20H14N2O4/c23-20-19(21(24)17-8-4-5-9-18(17)22(20)25)14-10-12-16(13-11-14)26-15-6-2-1-3-7-15/h1-13,25H. The molecule has 0 unspecified atom stereocenters. The van der Waals surface area contributed by atoms with Crippen LogP contribution in [0.3, 0.4) is 0 Å². The number of ether oxygens (including phenoxy) is 1. The zero-order valence-corrected chi connectivity index (χ0v) is 13.6. The van der Waals surface area contributed by atoms with Crippen molar-refractivity contribution in [3.05, 3.63) is 94.4 Å². The number of hydrogen-bond acceptors (Lipinski definition) is 4. The molecule has 6 nitrogen and oxygen atoms in total. The molecule has 0 saturated heterocycles. The third kappa shape index (κ3) is 2.63. The van der Waals surface area contributed by atoms with E-state index < -0.39 is 5.56 Å². The maximum Gasteiger partial charge on any atom is 0.357 e. The van der Waals surface area contributed by atoms with Crippen molar-refractivity contribution in [2.24, 2.45) is 0 Å². The zero-order valence-electron chi connectivity index (χ0n) is 13.6. The number of benzene rings is 3. The molecule has 0 amide bonds. The van der Waals surface area contributed by atoms with Crippen LogP contribution in [0, 0.1) is 5.21 Å². The van der Waals surface area contributed by atoms with Crippen LogP contribution >= 0.6 is 0 Å². The van der Waals surface area contributed by atoms with Crippen molar-refractivity contribution in [2.45, 2.75) is 0 Å². The van der Waals surface area contributed by atoms with Crippen molar-refractivity contribution in [3.63, 3.8) is 0 Å². The molecule has 4 aromatic rings. The van der Waals surface area contributed by atoms with Gasteiger partial charge in [0.1, 0.15) is 11.5 Å². The molecule has 0 saturated carbocycles. The van der Waals surface area contributed by atoms with E-state index in [0.29, 0.717) is 26.5 Å². The molecule has 1 aromatic heterocycles. The predicted octanol–water partition coefficient (Wildman–Crippen LogP) is 3.33. The third-order valence-electron chi connectivity index (χ3n) is 4.03. The van der Waals surface area contributed by atoms with Gasteiger partial charge in [0.15, 0.2) is 5.52 Å².